The Morgan fingerprint density at radius 1 is 1.29 bits per heavy atom. The number of carboxylic acid groups (broad SMARTS) is 1. The molecule has 0 spiro atoms. The summed E-state index contributed by atoms with van der Waals surface area (Å²) in [4.78, 5) is 18.1. The van der Waals surface area contributed by atoms with Gasteiger partial charge in [0.15, 0.2) is 0 Å². The molecule has 0 radical (unpaired) electrons. The molecule has 0 bridgehead atoms. The lowest BCUT2D eigenvalue weighted by atomic mass is 10.2. The highest BCUT2D eigenvalue weighted by molar-refractivity contribution is 5.92. The van der Waals surface area contributed by atoms with Crippen molar-refractivity contribution >= 4 is 22.7 Å². The zero-order valence-electron chi connectivity index (χ0n) is 7.14. The van der Waals surface area contributed by atoms with E-state index in [1.807, 2.05) is 0 Å². The molecule has 2 rings (SSSR count). The highest BCUT2D eigenvalue weighted by atomic mass is 16.4. The van der Waals surface area contributed by atoms with Crippen LogP contribution < -0.4 is 5.73 Å². The SMILES string of the molecule is Nc1nc(C(=O)O)nc2ccccc12. The molecule has 1 heterocycles. The van der Waals surface area contributed by atoms with E-state index in [2.05, 4.69) is 9.97 Å². The van der Waals surface area contributed by atoms with Crippen LogP contribution in [0.25, 0.3) is 10.9 Å². The lowest BCUT2D eigenvalue weighted by Gasteiger charge is -2.01. The Morgan fingerprint density at radius 3 is 2.71 bits per heavy atom. The largest absolute Gasteiger partial charge is 0.475 e. The summed E-state index contributed by atoms with van der Waals surface area (Å²) in [7, 11) is 0. The molecule has 5 heteroatoms. The van der Waals surface area contributed by atoms with Crippen LogP contribution in [0.15, 0.2) is 24.3 Å². The number of nitrogens with zero attached hydrogens (tertiary/aromatic N) is 2. The molecule has 0 atom stereocenters. The lowest BCUT2D eigenvalue weighted by molar-refractivity contribution is 0.0684. The van der Waals surface area contributed by atoms with Gasteiger partial charge in [0, 0.05) is 5.39 Å². The Morgan fingerprint density at radius 2 is 2.00 bits per heavy atom. The van der Waals surface area contributed by atoms with Crippen molar-refractivity contribution in [3.63, 3.8) is 0 Å². The normalized spacial score (nSPS) is 10.3. The van der Waals surface area contributed by atoms with E-state index in [-0.39, 0.29) is 11.6 Å². The monoisotopic (exact) mass is 189 g/mol. The third kappa shape index (κ3) is 1.24. The van der Waals surface area contributed by atoms with Crippen molar-refractivity contribution in [1.82, 2.24) is 9.97 Å². The van der Waals surface area contributed by atoms with Crippen molar-refractivity contribution < 1.29 is 9.90 Å². The number of aromatic nitrogens is 2. The molecule has 14 heavy (non-hydrogen) atoms. The second-order valence-electron chi connectivity index (χ2n) is 2.75. The Bertz CT molecular complexity index is 510. The van der Waals surface area contributed by atoms with Crippen molar-refractivity contribution in [2.75, 3.05) is 5.73 Å². The fourth-order valence-corrected chi connectivity index (χ4v) is 1.20. The molecule has 1 aromatic carbocycles. The van der Waals surface area contributed by atoms with E-state index in [4.69, 9.17) is 10.8 Å². The quantitative estimate of drug-likeness (QED) is 0.695. The van der Waals surface area contributed by atoms with Crippen molar-refractivity contribution in [1.29, 1.82) is 0 Å². The van der Waals surface area contributed by atoms with E-state index < -0.39 is 5.97 Å². The molecule has 0 amide bonds. The van der Waals surface area contributed by atoms with Gasteiger partial charge in [-0.3, -0.25) is 0 Å². The van der Waals surface area contributed by atoms with Crippen molar-refractivity contribution in [3.8, 4) is 0 Å². The summed E-state index contributed by atoms with van der Waals surface area (Å²) >= 11 is 0. The molecule has 0 saturated heterocycles. The summed E-state index contributed by atoms with van der Waals surface area (Å²) in [5.41, 5.74) is 6.12. The van der Waals surface area contributed by atoms with E-state index in [1.54, 1.807) is 24.3 Å². The number of anilines is 1. The molecule has 0 unspecified atom stereocenters. The van der Waals surface area contributed by atoms with E-state index in [0.29, 0.717) is 10.9 Å². The first-order valence-electron chi connectivity index (χ1n) is 3.94. The number of aromatic carboxylic acids is 1. The Hall–Kier alpha value is -2.17. The average Bonchev–Trinajstić information content (AvgIpc) is 2.17. The third-order valence-electron chi connectivity index (χ3n) is 1.82. The zero-order valence-corrected chi connectivity index (χ0v) is 7.14. The summed E-state index contributed by atoms with van der Waals surface area (Å²) in [5, 5.41) is 9.35. The van der Waals surface area contributed by atoms with Gasteiger partial charge in [0.1, 0.15) is 5.82 Å². The smallest absolute Gasteiger partial charge is 0.374 e. The number of rotatable bonds is 1. The number of benzene rings is 1. The van der Waals surface area contributed by atoms with Gasteiger partial charge in [-0.25, -0.2) is 14.8 Å². The Kier molecular flexibility index (Phi) is 1.78. The first-order valence-corrected chi connectivity index (χ1v) is 3.94. The molecule has 0 fully saturated rings. The molecular weight excluding hydrogens is 182 g/mol. The Labute approximate surface area is 79.2 Å². The van der Waals surface area contributed by atoms with Crippen LogP contribution in [0.4, 0.5) is 5.82 Å². The number of para-hydroxylation sites is 1. The van der Waals surface area contributed by atoms with E-state index >= 15 is 0 Å². The topological polar surface area (TPSA) is 89.1 Å². The highest BCUT2D eigenvalue weighted by Gasteiger charge is 2.09. The number of fused-ring (bicyclic) bond motifs is 1. The molecule has 0 aliphatic heterocycles. The van der Waals surface area contributed by atoms with Crippen LogP contribution in [0, 0.1) is 0 Å². The van der Waals surface area contributed by atoms with Crippen molar-refractivity contribution in [3.05, 3.63) is 30.1 Å². The van der Waals surface area contributed by atoms with Crippen LogP contribution in [-0.4, -0.2) is 21.0 Å². The number of hydrogen-bond acceptors (Lipinski definition) is 4. The summed E-state index contributed by atoms with van der Waals surface area (Å²) in [6, 6.07) is 7.00. The number of hydrogen-bond donors (Lipinski definition) is 2. The van der Waals surface area contributed by atoms with Gasteiger partial charge in [-0.05, 0) is 12.1 Å². The van der Waals surface area contributed by atoms with Crippen LogP contribution in [0.3, 0.4) is 0 Å². The van der Waals surface area contributed by atoms with Crippen molar-refractivity contribution in [2.24, 2.45) is 0 Å². The average molecular weight is 189 g/mol. The van der Waals surface area contributed by atoms with Gasteiger partial charge >= 0.3 is 5.97 Å². The summed E-state index contributed by atoms with van der Waals surface area (Å²) in [6.45, 7) is 0. The van der Waals surface area contributed by atoms with Gasteiger partial charge in [-0.15, -0.1) is 0 Å². The van der Waals surface area contributed by atoms with E-state index in [9.17, 15) is 4.79 Å². The molecule has 70 valence electrons. The maximum absolute atomic E-state index is 10.6. The second kappa shape index (κ2) is 2.95. The molecule has 0 aliphatic carbocycles. The minimum atomic E-state index is -1.18. The number of carbonyl (C=O) groups is 1. The number of nitrogen functional groups attached to an aromatic ring is 1. The van der Waals surface area contributed by atoms with Crippen LogP contribution in [0.2, 0.25) is 0 Å². The minimum Gasteiger partial charge on any atom is -0.475 e. The molecular formula is C9H7N3O2. The van der Waals surface area contributed by atoms with Crippen LogP contribution in [0.5, 0.6) is 0 Å². The van der Waals surface area contributed by atoms with Crippen LogP contribution >= 0.6 is 0 Å². The van der Waals surface area contributed by atoms with Crippen LogP contribution in [0.1, 0.15) is 10.6 Å². The molecule has 1 aromatic heterocycles. The fraction of sp³-hybridized carbons (Fsp3) is 0. The maximum atomic E-state index is 10.6. The van der Waals surface area contributed by atoms with Gasteiger partial charge in [-0.2, -0.15) is 0 Å². The molecule has 0 saturated carbocycles. The zero-order chi connectivity index (χ0) is 10.1. The summed E-state index contributed by atoms with van der Waals surface area (Å²) < 4.78 is 0. The highest BCUT2D eigenvalue weighted by Crippen LogP contribution is 2.16. The summed E-state index contributed by atoms with van der Waals surface area (Å²) in [5.74, 6) is -1.27. The summed E-state index contributed by atoms with van der Waals surface area (Å²) in [6.07, 6.45) is 0. The molecule has 3 N–H and O–H groups in total. The van der Waals surface area contributed by atoms with E-state index in [0.717, 1.165) is 0 Å². The maximum Gasteiger partial charge on any atom is 0.374 e. The third-order valence-corrected chi connectivity index (χ3v) is 1.82. The first kappa shape index (κ1) is 8.43. The number of nitrogens with two attached hydrogens (primary N) is 1. The van der Waals surface area contributed by atoms with Gasteiger partial charge in [-0.1, -0.05) is 12.1 Å². The number of carboxylic acids is 1. The minimum absolute atomic E-state index is 0.188. The Balaban J connectivity index is 2.78. The second-order valence-corrected chi connectivity index (χ2v) is 2.75. The van der Waals surface area contributed by atoms with Gasteiger partial charge in [0.2, 0.25) is 5.82 Å². The molecule has 5 nitrogen and oxygen atoms in total. The predicted molar refractivity (Wildman–Crippen MR) is 50.9 cm³/mol. The van der Waals surface area contributed by atoms with Crippen LogP contribution in [-0.2, 0) is 0 Å². The van der Waals surface area contributed by atoms with Gasteiger partial charge in [0.05, 0.1) is 5.52 Å². The lowest BCUT2D eigenvalue weighted by Crippen LogP contribution is -2.06. The van der Waals surface area contributed by atoms with Gasteiger partial charge in [0.25, 0.3) is 0 Å². The first-order chi connectivity index (χ1) is 6.68. The van der Waals surface area contributed by atoms with E-state index in [1.165, 1.54) is 0 Å². The fourth-order valence-electron chi connectivity index (χ4n) is 1.20. The molecule has 2 aromatic rings. The van der Waals surface area contributed by atoms with Gasteiger partial charge < -0.3 is 10.8 Å². The predicted octanol–water partition coefficient (Wildman–Crippen LogP) is 0.910. The van der Waals surface area contributed by atoms with Crippen molar-refractivity contribution in [2.45, 2.75) is 0 Å². The molecule has 0 aliphatic rings. The standard InChI is InChI=1S/C9H7N3O2/c10-7-5-3-1-2-4-6(5)11-8(12-7)9(13)14/h1-4H,(H,13,14)(H2,10,11,12).